The molecule has 0 unspecified atom stereocenters. The van der Waals surface area contributed by atoms with Crippen molar-refractivity contribution in [1.29, 1.82) is 0 Å². The molecule has 4 nitrogen and oxygen atoms in total. The number of carbonyl (C=O) groups is 1. The first-order chi connectivity index (χ1) is 10.2. The molecule has 1 spiro atoms. The maximum atomic E-state index is 11.8. The van der Waals surface area contributed by atoms with E-state index in [1.54, 1.807) is 0 Å². The Labute approximate surface area is 129 Å². The molecule has 1 aromatic rings. The van der Waals surface area contributed by atoms with Gasteiger partial charge in [0.15, 0.2) is 0 Å². The molecular weight excluding hydrogens is 284 g/mol. The summed E-state index contributed by atoms with van der Waals surface area (Å²) in [4.78, 5) is 11.8. The van der Waals surface area contributed by atoms with Crippen LogP contribution in [0.3, 0.4) is 0 Å². The minimum Gasteiger partial charge on any atom is -0.374 e. The van der Waals surface area contributed by atoms with Crippen LogP contribution < -0.4 is 11.1 Å². The molecule has 2 fully saturated rings. The topological polar surface area (TPSA) is 64.4 Å². The van der Waals surface area contributed by atoms with Crippen LogP contribution in [-0.2, 0) is 9.53 Å². The van der Waals surface area contributed by atoms with E-state index in [0.717, 1.165) is 37.2 Å². The largest absolute Gasteiger partial charge is 0.374 e. The van der Waals surface area contributed by atoms with E-state index in [1.165, 1.54) is 5.75 Å². The van der Waals surface area contributed by atoms with Crippen LogP contribution in [0.2, 0.25) is 0 Å². The average Bonchev–Trinajstić information content (AvgIpc) is 2.93. The Hall–Kier alpha value is -1.04. The second-order valence-electron chi connectivity index (χ2n) is 5.94. The first-order valence-corrected chi connectivity index (χ1v) is 8.66. The van der Waals surface area contributed by atoms with Gasteiger partial charge < -0.3 is 10.5 Å². The Bertz CT molecular complexity index is 488. The van der Waals surface area contributed by atoms with Crippen molar-refractivity contribution in [3.63, 3.8) is 0 Å². The lowest BCUT2D eigenvalue weighted by Gasteiger charge is -2.39. The number of ether oxygens (including phenoxy) is 1. The van der Waals surface area contributed by atoms with E-state index < -0.39 is 6.04 Å². The number of nitrogens with two attached hydrogens (primary N) is 1. The summed E-state index contributed by atoms with van der Waals surface area (Å²) in [6.45, 7) is 0.762. The molecule has 0 aromatic heterocycles. The number of benzene rings is 1. The van der Waals surface area contributed by atoms with Gasteiger partial charge in [-0.25, -0.2) is 0 Å². The smallest absolute Gasteiger partial charge is 0.239 e. The second kappa shape index (κ2) is 6.38. The highest BCUT2D eigenvalue weighted by molar-refractivity contribution is 7.99. The number of amides is 1. The highest BCUT2D eigenvalue weighted by atomic mass is 32.2. The highest BCUT2D eigenvalue weighted by Crippen LogP contribution is 2.38. The highest BCUT2D eigenvalue weighted by Gasteiger charge is 2.41. The molecule has 0 radical (unpaired) electrons. The first-order valence-electron chi connectivity index (χ1n) is 7.51. The van der Waals surface area contributed by atoms with Crippen LogP contribution in [-0.4, -0.2) is 35.7 Å². The van der Waals surface area contributed by atoms with Crippen LogP contribution in [0.1, 0.15) is 30.9 Å². The lowest BCUT2D eigenvalue weighted by Crippen LogP contribution is -2.49. The van der Waals surface area contributed by atoms with E-state index in [1.807, 2.05) is 42.1 Å². The quantitative estimate of drug-likeness (QED) is 0.891. The fraction of sp³-hybridized carbons (Fsp3) is 0.562. The van der Waals surface area contributed by atoms with Gasteiger partial charge in [0, 0.05) is 18.4 Å². The average molecular weight is 306 g/mol. The minimum atomic E-state index is -0.416. The van der Waals surface area contributed by atoms with Gasteiger partial charge in [0.25, 0.3) is 0 Å². The van der Waals surface area contributed by atoms with Crippen molar-refractivity contribution in [3.8, 4) is 0 Å². The van der Waals surface area contributed by atoms with Crippen molar-refractivity contribution in [2.75, 3.05) is 18.1 Å². The van der Waals surface area contributed by atoms with Crippen molar-refractivity contribution >= 4 is 17.7 Å². The number of nitrogens with one attached hydrogen (secondary N) is 1. The van der Waals surface area contributed by atoms with Crippen molar-refractivity contribution in [3.05, 3.63) is 35.9 Å². The second-order valence-corrected chi connectivity index (χ2v) is 7.04. The molecule has 5 heteroatoms. The molecule has 2 heterocycles. The summed E-state index contributed by atoms with van der Waals surface area (Å²) in [6, 6.07) is 9.58. The van der Waals surface area contributed by atoms with Crippen LogP contribution in [0.25, 0.3) is 0 Å². The van der Waals surface area contributed by atoms with Crippen LogP contribution >= 0.6 is 11.8 Å². The van der Waals surface area contributed by atoms with Gasteiger partial charge in [-0.15, -0.1) is 0 Å². The number of carbonyl (C=O) groups excluding carboxylic acids is 1. The lowest BCUT2D eigenvalue weighted by molar-refractivity contribution is -0.121. The predicted octanol–water partition coefficient (Wildman–Crippen LogP) is 1.86. The van der Waals surface area contributed by atoms with Gasteiger partial charge in [-0.05, 0) is 30.6 Å². The summed E-state index contributed by atoms with van der Waals surface area (Å²) in [7, 11) is 0. The Kier molecular flexibility index (Phi) is 4.52. The molecule has 1 amide bonds. The van der Waals surface area contributed by atoms with Gasteiger partial charge in [0.05, 0.1) is 5.60 Å². The molecule has 3 rings (SSSR count). The summed E-state index contributed by atoms with van der Waals surface area (Å²) in [5.74, 6) is 1.92. The SMILES string of the molecule is NC(=O)[C@H](N[C@H]1CCO[C@@]2(CCSC2)C1)c1ccccc1. The monoisotopic (exact) mass is 306 g/mol. The molecule has 21 heavy (non-hydrogen) atoms. The molecule has 1 aromatic carbocycles. The number of rotatable bonds is 4. The van der Waals surface area contributed by atoms with Gasteiger partial charge in [-0.3, -0.25) is 10.1 Å². The van der Waals surface area contributed by atoms with Crippen molar-refractivity contribution in [1.82, 2.24) is 5.32 Å². The fourth-order valence-corrected chi connectivity index (χ4v) is 4.64. The number of thioether (sulfide) groups is 1. The van der Waals surface area contributed by atoms with E-state index in [-0.39, 0.29) is 17.6 Å². The third-order valence-electron chi connectivity index (χ3n) is 4.38. The third-order valence-corrected chi connectivity index (χ3v) is 5.60. The van der Waals surface area contributed by atoms with Gasteiger partial charge >= 0.3 is 0 Å². The summed E-state index contributed by atoms with van der Waals surface area (Å²) in [6.07, 6.45) is 3.02. The molecule has 0 saturated carbocycles. The van der Waals surface area contributed by atoms with Crippen LogP contribution in [0, 0.1) is 0 Å². The Morgan fingerprint density at radius 3 is 2.90 bits per heavy atom. The van der Waals surface area contributed by atoms with Gasteiger partial charge in [0.2, 0.25) is 5.91 Å². The zero-order chi connectivity index (χ0) is 14.7. The van der Waals surface area contributed by atoms with Crippen LogP contribution in [0.4, 0.5) is 0 Å². The summed E-state index contributed by atoms with van der Waals surface area (Å²) in [5, 5.41) is 3.46. The number of hydrogen-bond acceptors (Lipinski definition) is 4. The summed E-state index contributed by atoms with van der Waals surface area (Å²) in [5.41, 5.74) is 6.54. The molecular formula is C16H22N2O2S. The van der Waals surface area contributed by atoms with E-state index in [0.29, 0.717) is 0 Å². The lowest BCUT2D eigenvalue weighted by atomic mass is 9.89. The molecule has 2 aliphatic rings. The molecule has 0 aliphatic carbocycles. The first kappa shape index (κ1) is 14.9. The Balaban J connectivity index is 1.70. The number of primary amides is 1. The van der Waals surface area contributed by atoms with Crippen molar-refractivity contribution < 1.29 is 9.53 Å². The fourth-order valence-electron chi connectivity index (χ4n) is 3.26. The number of hydrogen-bond donors (Lipinski definition) is 2. The van der Waals surface area contributed by atoms with Crippen molar-refractivity contribution in [2.24, 2.45) is 5.73 Å². The molecule has 0 bridgehead atoms. The molecule has 114 valence electrons. The standard InChI is InChI=1S/C16H22N2O2S/c17-15(19)14(12-4-2-1-3-5-12)18-13-6-8-20-16(10-13)7-9-21-11-16/h1-5,13-14,18H,6-11H2,(H2,17,19)/t13-,14+,16-/m0/s1. The maximum absolute atomic E-state index is 11.8. The molecule has 2 saturated heterocycles. The van der Waals surface area contributed by atoms with E-state index >= 15 is 0 Å². The minimum absolute atomic E-state index is 0.0134. The van der Waals surface area contributed by atoms with Gasteiger partial charge in [0.1, 0.15) is 6.04 Å². The summed E-state index contributed by atoms with van der Waals surface area (Å²) >= 11 is 1.96. The maximum Gasteiger partial charge on any atom is 0.239 e. The van der Waals surface area contributed by atoms with E-state index in [2.05, 4.69) is 5.32 Å². The van der Waals surface area contributed by atoms with Crippen molar-refractivity contribution in [2.45, 2.75) is 36.9 Å². The summed E-state index contributed by atoms with van der Waals surface area (Å²) < 4.78 is 6.03. The van der Waals surface area contributed by atoms with Crippen LogP contribution in [0.15, 0.2) is 30.3 Å². The molecule has 3 atom stereocenters. The zero-order valence-corrected chi connectivity index (χ0v) is 12.9. The molecule has 3 N–H and O–H groups in total. The van der Waals surface area contributed by atoms with Crippen LogP contribution in [0.5, 0.6) is 0 Å². The van der Waals surface area contributed by atoms with Gasteiger partial charge in [-0.1, -0.05) is 30.3 Å². The van der Waals surface area contributed by atoms with E-state index in [4.69, 9.17) is 10.5 Å². The Morgan fingerprint density at radius 1 is 1.43 bits per heavy atom. The zero-order valence-electron chi connectivity index (χ0n) is 12.1. The normalized spacial score (nSPS) is 30.4. The van der Waals surface area contributed by atoms with Gasteiger partial charge in [-0.2, -0.15) is 11.8 Å². The molecule has 2 aliphatic heterocycles. The predicted molar refractivity (Wildman–Crippen MR) is 85.2 cm³/mol. The van der Waals surface area contributed by atoms with E-state index in [9.17, 15) is 4.79 Å². The Morgan fingerprint density at radius 2 is 2.24 bits per heavy atom. The third kappa shape index (κ3) is 3.42.